The SMILES string of the molecule is CCN(CC)Cc1cc(C#Cc2ccc(OCC(=O)O)cc2)cc(CN(CC)CC)n1. The van der Waals surface area contributed by atoms with Gasteiger partial charge in [0.15, 0.2) is 6.61 Å². The van der Waals surface area contributed by atoms with Crippen molar-refractivity contribution in [2.24, 2.45) is 0 Å². The Kier molecular flexibility index (Phi) is 10.0. The number of ether oxygens (including phenoxy) is 1. The molecule has 31 heavy (non-hydrogen) atoms. The predicted octanol–water partition coefficient (Wildman–Crippen LogP) is 3.63. The maximum Gasteiger partial charge on any atom is 0.341 e. The van der Waals surface area contributed by atoms with Gasteiger partial charge in [-0.25, -0.2) is 4.79 Å². The van der Waals surface area contributed by atoms with Gasteiger partial charge in [0.1, 0.15) is 5.75 Å². The molecule has 2 aromatic rings. The second-order valence-electron chi connectivity index (χ2n) is 7.22. The molecule has 0 radical (unpaired) electrons. The molecule has 1 N–H and O–H groups in total. The first kappa shape index (κ1) is 24.4. The number of benzene rings is 1. The number of pyridine rings is 1. The van der Waals surface area contributed by atoms with Crippen LogP contribution >= 0.6 is 0 Å². The summed E-state index contributed by atoms with van der Waals surface area (Å²) in [4.78, 5) is 20.2. The number of carbonyl (C=O) groups is 1. The minimum atomic E-state index is -0.998. The van der Waals surface area contributed by atoms with Crippen LogP contribution in [0.15, 0.2) is 36.4 Å². The summed E-state index contributed by atoms with van der Waals surface area (Å²) in [6.45, 7) is 13.8. The maximum absolute atomic E-state index is 10.6. The standard InChI is InChI=1S/C25H33N3O3/c1-5-27(6-2)17-22-15-21(16-23(26-22)18-28(7-3)8-4)10-9-20-11-13-24(14-12-20)31-19-25(29)30/h11-16H,5-8,17-19H2,1-4H3,(H,29,30). The van der Waals surface area contributed by atoms with Crippen LogP contribution in [0.2, 0.25) is 0 Å². The Morgan fingerprint density at radius 1 is 0.871 bits per heavy atom. The second-order valence-corrected chi connectivity index (χ2v) is 7.22. The monoisotopic (exact) mass is 423 g/mol. The molecule has 0 atom stereocenters. The lowest BCUT2D eigenvalue weighted by Gasteiger charge is -2.20. The van der Waals surface area contributed by atoms with Gasteiger partial charge in [-0.1, -0.05) is 39.5 Å². The van der Waals surface area contributed by atoms with E-state index in [2.05, 4.69) is 61.5 Å². The Bertz CT molecular complexity index is 860. The molecule has 0 aliphatic heterocycles. The zero-order valence-corrected chi connectivity index (χ0v) is 19.0. The summed E-state index contributed by atoms with van der Waals surface area (Å²) in [5, 5.41) is 8.70. The van der Waals surface area contributed by atoms with Crippen LogP contribution in [-0.2, 0) is 17.9 Å². The van der Waals surface area contributed by atoms with E-state index in [1.54, 1.807) is 12.1 Å². The molecule has 2 rings (SSSR count). The fourth-order valence-corrected chi connectivity index (χ4v) is 3.16. The minimum Gasteiger partial charge on any atom is -0.482 e. The molecule has 0 saturated carbocycles. The van der Waals surface area contributed by atoms with E-state index in [9.17, 15) is 4.79 Å². The Balaban J connectivity index is 2.24. The quantitative estimate of drug-likeness (QED) is 0.557. The summed E-state index contributed by atoms with van der Waals surface area (Å²) in [7, 11) is 0. The molecule has 0 bridgehead atoms. The molecule has 1 aromatic heterocycles. The molecule has 1 aromatic carbocycles. The van der Waals surface area contributed by atoms with Crippen LogP contribution in [0.4, 0.5) is 0 Å². The van der Waals surface area contributed by atoms with Gasteiger partial charge in [0.2, 0.25) is 0 Å². The smallest absolute Gasteiger partial charge is 0.341 e. The molecule has 0 fully saturated rings. The lowest BCUT2D eigenvalue weighted by molar-refractivity contribution is -0.139. The summed E-state index contributed by atoms with van der Waals surface area (Å²) in [6, 6.07) is 11.3. The van der Waals surface area contributed by atoms with Gasteiger partial charge in [0, 0.05) is 24.2 Å². The zero-order valence-electron chi connectivity index (χ0n) is 19.0. The van der Waals surface area contributed by atoms with Crippen LogP contribution in [0.5, 0.6) is 5.75 Å². The number of hydrogen-bond acceptors (Lipinski definition) is 5. The molecule has 0 amide bonds. The Morgan fingerprint density at radius 2 is 1.35 bits per heavy atom. The van der Waals surface area contributed by atoms with Crippen LogP contribution in [-0.4, -0.2) is 58.6 Å². The van der Waals surface area contributed by atoms with Gasteiger partial charge >= 0.3 is 5.97 Å². The van der Waals surface area contributed by atoms with Crippen molar-refractivity contribution in [1.29, 1.82) is 0 Å². The largest absolute Gasteiger partial charge is 0.482 e. The number of aromatic nitrogens is 1. The third-order valence-electron chi connectivity index (χ3n) is 5.06. The van der Waals surface area contributed by atoms with Gasteiger partial charge in [-0.3, -0.25) is 14.8 Å². The number of rotatable bonds is 11. The third kappa shape index (κ3) is 8.41. The molecule has 0 unspecified atom stereocenters. The second kappa shape index (κ2) is 12.7. The van der Waals surface area contributed by atoms with E-state index in [0.717, 1.165) is 61.8 Å². The van der Waals surface area contributed by atoms with Gasteiger partial charge in [0.05, 0.1) is 11.4 Å². The molecule has 0 aliphatic rings. The van der Waals surface area contributed by atoms with Crippen molar-refractivity contribution in [3.05, 3.63) is 58.9 Å². The number of hydrogen-bond donors (Lipinski definition) is 1. The molecule has 6 heteroatoms. The van der Waals surface area contributed by atoms with Crippen molar-refractivity contribution in [2.75, 3.05) is 32.8 Å². The number of nitrogens with zero attached hydrogens (tertiary/aromatic N) is 3. The average Bonchev–Trinajstić information content (AvgIpc) is 2.78. The van der Waals surface area contributed by atoms with Crippen LogP contribution in [0.1, 0.15) is 50.2 Å². The molecule has 1 heterocycles. The van der Waals surface area contributed by atoms with E-state index in [1.165, 1.54) is 0 Å². The van der Waals surface area contributed by atoms with Gasteiger partial charge < -0.3 is 9.84 Å². The Hall–Kier alpha value is -2.88. The first-order chi connectivity index (χ1) is 15.0. The van der Waals surface area contributed by atoms with E-state index >= 15 is 0 Å². The molecule has 166 valence electrons. The van der Waals surface area contributed by atoms with E-state index in [4.69, 9.17) is 14.8 Å². The lowest BCUT2D eigenvalue weighted by Crippen LogP contribution is -2.25. The molecule has 0 saturated heterocycles. The summed E-state index contributed by atoms with van der Waals surface area (Å²) >= 11 is 0. The highest BCUT2D eigenvalue weighted by Gasteiger charge is 2.08. The fraction of sp³-hybridized carbons (Fsp3) is 0.440. The Morgan fingerprint density at radius 3 is 1.81 bits per heavy atom. The predicted molar refractivity (Wildman–Crippen MR) is 123 cm³/mol. The van der Waals surface area contributed by atoms with Crippen molar-refractivity contribution in [2.45, 2.75) is 40.8 Å². The highest BCUT2D eigenvalue weighted by atomic mass is 16.5. The average molecular weight is 424 g/mol. The molecular formula is C25H33N3O3. The molecule has 0 aliphatic carbocycles. The highest BCUT2D eigenvalue weighted by molar-refractivity contribution is 5.68. The molecule has 6 nitrogen and oxygen atoms in total. The summed E-state index contributed by atoms with van der Waals surface area (Å²) in [5.41, 5.74) is 3.87. The van der Waals surface area contributed by atoms with Crippen LogP contribution in [0, 0.1) is 11.8 Å². The summed E-state index contributed by atoms with van der Waals surface area (Å²) in [5.74, 6) is 5.98. The van der Waals surface area contributed by atoms with E-state index in [0.29, 0.717) is 5.75 Å². The van der Waals surface area contributed by atoms with Gasteiger partial charge in [-0.2, -0.15) is 0 Å². The van der Waals surface area contributed by atoms with Crippen molar-refractivity contribution >= 4 is 5.97 Å². The Labute approximate surface area is 185 Å². The van der Waals surface area contributed by atoms with E-state index in [1.807, 2.05) is 12.1 Å². The van der Waals surface area contributed by atoms with E-state index < -0.39 is 5.97 Å². The third-order valence-corrected chi connectivity index (χ3v) is 5.06. The van der Waals surface area contributed by atoms with E-state index in [-0.39, 0.29) is 6.61 Å². The molecular weight excluding hydrogens is 390 g/mol. The van der Waals surface area contributed by atoms with Crippen LogP contribution < -0.4 is 4.74 Å². The lowest BCUT2D eigenvalue weighted by atomic mass is 10.1. The minimum absolute atomic E-state index is 0.354. The van der Waals surface area contributed by atoms with Crippen molar-refractivity contribution in [1.82, 2.24) is 14.8 Å². The summed E-state index contributed by atoms with van der Waals surface area (Å²) in [6.07, 6.45) is 0. The molecule has 0 spiro atoms. The number of carboxylic acid groups (broad SMARTS) is 1. The fourth-order valence-electron chi connectivity index (χ4n) is 3.16. The van der Waals surface area contributed by atoms with Crippen molar-refractivity contribution < 1.29 is 14.6 Å². The van der Waals surface area contributed by atoms with Crippen LogP contribution in [0.25, 0.3) is 0 Å². The summed E-state index contributed by atoms with van der Waals surface area (Å²) < 4.78 is 5.17. The number of carboxylic acids is 1. The van der Waals surface area contributed by atoms with Gasteiger partial charge in [-0.15, -0.1) is 0 Å². The maximum atomic E-state index is 10.6. The van der Waals surface area contributed by atoms with Gasteiger partial charge in [0.25, 0.3) is 0 Å². The number of aliphatic carboxylic acids is 1. The topological polar surface area (TPSA) is 65.9 Å². The normalized spacial score (nSPS) is 10.8. The van der Waals surface area contributed by atoms with Gasteiger partial charge in [-0.05, 0) is 62.6 Å². The first-order valence-corrected chi connectivity index (χ1v) is 10.9. The first-order valence-electron chi connectivity index (χ1n) is 10.9. The van der Waals surface area contributed by atoms with Crippen molar-refractivity contribution in [3.8, 4) is 17.6 Å². The highest BCUT2D eigenvalue weighted by Crippen LogP contribution is 2.13. The van der Waals surface area contributed by atoms with Crippen LogP contribution in [0.3, 0.4) is 0 Å². The van der Waals surface area contributed by atoms with Crippen molar-refractivity contribution in [3.63, 3.8) is 0 Å². The zero-order chi connectivity index (χ0) is 22.6.